The van der Waals surface area contributed by atoms with Gasteiger partial charge in [-0.25, -0.2) is 13.2 Å². The summed E-state index contributed by atoms with van der Waals surface area (Å²) >= 11 is 5.89. The molecule has 1 heterocycles. The Bertz CT molecular complexity index is 912. The highest BCUT2D eigenvalue weighted by Gasteiger charge is 2.48. The summed E-state index contributed by atoms with van der Waals surface area (Å²) in [5, 5.41) is 6.54. The van der Waals surface area contributed by atoms with Gasteiger partial charge in [-0.15, -0.1) is 0 Å². The molecule has 8 heteroatoms. The molecule has 4 rings (SSSR count). The summed E-state index contributed by atoms with van der Waals surface area (Å²) in [6.45, 7) is 3.15. The highest BCUT2D eigenvalue weighted by atomic mass is 35.5. The number of carbonyl (C=O) groups excluding carboxylic acids is 1. The Kier molecular flexibility index (Phi) is 6.04. The predicted octanol–water partition coefficient (Wildman–Crippen LogP) is 2.86. The number of benzene rings is 2. The molecular weight excluding hydrogens is 415 g/mol. The van der Waals surface area contributed by atoms with Crippen molar-refractivity contribution in [1.29, 1.82) is 0 Å². The molecule has 0 atom stereocenters. The summed E-state index contributed by atoms with van der Waals surface area (Å²) in [7, 11) is 0. The molecule has 1 aliphatic heterocycles. The maximum atomic E-state index is 13.8. The topological polar surface area (TPSA) is 44.4 Å². The quantitative estimate of drug-likeness (QED) is 0.756. The van der Waals surface area contributed by atoms with Gasteiger partial charge >= 0.3 is 0 Å². The van der Waals surface area contributed by atoms with E-state index in [1.54, 1.807) is 6.07 Å². The number of fused-ring (bicyclic) bond motifs is 1. The van der Waals surface area contributed by atoms with Crippen LogP contribution in [0.5, 0.6) is 0 Å². The third kappa shape index (κ3) is 4.19. The molecule has 0 saturated carbocycles. The van der Waals surface area contributed by atoms with Gasteiger partial charge in [0.2, 0.25) is 5.91 Å². The average molecular weight is 438 g/mol. The number of rotatable bonds is 5. The van der Waals surface area contributed by atoms with Gasteiger partial charge in [0.05, 0.1) is 0 Å². The minimum absolute atomic E-state index is 0.177. The number of hydrogen-bond donors (Lipinski definition) is 2. The molecular formula is C22H23ClF3N3O. The lowest BCUT2D eigenvalue weighted by Gasteiger charge is -2.42. The minimum atomic E-state index is -0.895. The first-order chi connectivity index (χ1) is 14.4. The van der Waals surface area contributed by atoms with Crippen molar-refractivity contribution in [2.45, 2.75) is 24.8 Å². The number of halogens is 4. The highest BCUT2D eigenvalue weighted by Crippen LogP contribution is 2.36. The van der Waals surface area contributed by atoms with Crippen LogP contribution >= 0.6 is 11.6 Å². The molecule has 2 N–H and O–H groups in total. The van der Waals surface area contributed by atoms with E-state index in [1.807, 2.05) is 0 Å². The molecule has 30 heavy (non-hydrogen) atoms. The van der Waals surface area contributed by atoms with E-state index in [0.29, 0.717) is 60.6 Å². The summed E-state index contributed by atoms with van der Waals surface area (Å²) in [6, 6.07) is 6.70. The van der Waals surface area contributed by atoms with Crippen LogP contribution in [-0.2, 0) is 24.1 Å². The molecule has 0 bridgehead atoms. The fraction of sp³-hybridized carbons (Fsp3) is 0.409. The SMILES string of the molecule is O=C(NCCc1cc(F)cc(Cl)c1)C1(N2CCNCC2)Cc2cc(F)c(F)cc2C1. The van der Waals surface area contributed by atoms with Crippen LogP contribution < -0.4 is 10.6 Å². The van der Waals surface area contributed by atoms with Gasteiger partial charge in [-0.2, -0.15) is 0 Å². The van der Waals surface area contributed by atoms with Gasteiger partial charge in [-0.3, -0.25) is 9.69 Å². The number of carbonyl (C=O) groups is 1. The second-order valence-corrected chi connectivity index (χ2v) is 8.38. The van der Waals surface area contributed by atoms with Crippen LogP contribution in [0.2, 0.25) is 5.02 Å². The van der Waals surface area contributed by atoms with Gasteiger partial charge in [0.15, 0.2) is 11.6 Å². The Morgan fingerprint density at radius 3 is 2.27 bits per heavy atom. The molecule has 2 aromatic carbocycles. The third-order valence-corrected chi connectivity index (χ3v) is 6.19. The zero-order chi connectivity index (χ0) is 21.3. The summed E-state index contributed by atoms with van der Waals surface area (Å²) in [4.78, 5) is 15.5. The van der Waals surface area contributed by atoms with Gasteiger partial charge < -0.3 is 10.6 Å². The predicted molar refractivity (Wildman–Crippen MR) is 109 cm³/mol. The molecule has 2 aromatic rings. The second-order valence-electron chi connectivity index (χ2n) is 7.94. The lowest BCUT2D eigenvalue weighted by atomic mass is 9.91. The first-order valence-electron chi connectivity index (χ1n) is 10.0. The van der Waals surface area contributed by atoms with Crippen molar-refractivity contribution >= 4 is 17.5 Å². The lowest BCUT2D eigenvalue weighted by molar-refractivity contribution is -0.133. The molecule has 1 aliphatic carbocycles. The van der Waals surface area contributed by atoms with Crippen molar-refractivity contribution in [2.24, 2.45) is 0 Å². The van der Waals surface area contributed by atoms with Gasteiger partial charge in [0, 0.05) is 50.6 Å². The zero-order valence-corrected chi connectivity index (χ0v) is 17.2. The Hall–Kier alpha value is -2.09. The Morgan fingerprint density at radius 1 is 1.03 bits per heavy atom. The average Bonchev–Trinajstić information content (AvgIpc) is 3.08. The molecule has 0 unspecified atom stereocenters. The Balaban J connectivity index is 1.52. The zero-order valence-electron chi connectivity index (χ0n) is 16.4. The normalized spacial score (nSPS) is 18.3. The number of nitrogens with one attached hydrogen (secondary N) is 2. The summed E-state index contributed by atoms with van der Waals surface area (Å²) < 4.78 is 41.1. The maximum absolute atomic E-state index is 13.8. The van der Waals surface area contributed by atoms with Crippen LogP contribution in [0.4, 0.5) is 13.2 Å². The van der Waals surface area contributed by atoms with E-state index in [4.69, 9.17) is 11.6 Å². The smallest absolute Gasteiger partial charge is 0.241 e. The van der Waals surface area contributed by atoms with Gasteiger partial charge in [-0.05, 0) is 53.4 Å². The van der Waals surface area contributed by atoms with Crippen LogP contribution in [0, 0.1) is 17.5 Å². The molecule has 160 valence electrons. The number of nitrogens with zero attached hydrogens (tertiary/aromatic N) is 1. The van der Waals surface area contributed by atoms with E-state index in [1.165, 1.54) is 24.3 Å². The van der Waals surface area contributed by atoms with E-state index in [0.717, 1.165) is 13.1 Å². The minimum Gasteiger partial charge on any atom is -0.354 e. The number of piperazine rings is 1. The number of hydrogen-bond acceptors (Lipinski definition) is 3. The van der Waals surface area contributed by atoms with Crippen LogP contribution in [0.1, 0.15) is 16.7 Å². The fourth-order valence-electron chi connectivity index (χ4n) is 4.51. The van der Waals surface area contributed by atoms with Crippen LogP contribution in [0.25, 0.3) is 0 Å². The van der Waals surface area contributed by atoms with Crippen LogP contribution in [0.3, 0.4) is 0 Å². The van der Waals surface area contributed by atoms with Gasteiger partial charge in [-0.1, -0.05) is 11.6 Å². The van der Waals surface area contributed by atoms with E-state index in [-0.39, 0.29) is 5.91 Å². The standard InChI is InChI=1S/C22H23ClF3N3O/c23-17-7-14(8-18(24)11-17)1-2-28-21(30)22(29-5-3-27-4-6-29)12-15-9-19(25)20(26)10-16(15)13-22/h7-11,27H,1-6,12-13H2,(H,28,30). The van der Waals surface area contributed by atoms with Crippen LogP contribution in [0.15, 0.2) is 30.3 Å². The summed E-state index contributed by atoms with van der Waals surface area (Å²) in [6.07, 6.45) is 1.09. The summed E-state index contributed by atoms with van der Waals surface area (Å²) in [5.74, 6) is -2.39. The van der Waals surface area contributed by atoms with E-state index in [9.17, 15) is 18.0 Å². The van der Waals surface area contributed by atoms with E-state index in [2.05, 4.69) is 15.5 Å². The maximum Gasteiger partial charge on any atom is 0.241 e. The molecule has 0 aromatic heterocycles. The van der Waals surface area contributed by atoms with Crippen LogP contribution in [-0.4, -0.2) is 49.1 Å². The second kappa shape index (κ2) is 8.57. The Morgan fingerprint density at radius 2 is 1.67 bits per heavy atom. The Labute approximate surface area is 178 Å². The van der Waals surface area contributed by atoms with Crippen molar-refractivity contribution in [3.8, 4) is 0 Å². The molecule has 1 amide bonds. The third-order valence-electron chi connectivity index (χ3n) is 5.97. The van der Waals surface area contributed by atoms with E-state index >= 15 is 0 Å². The first-order valence-corrected chi connectivity index (χ1v) is 10.4. The van der Waals surface area contributed by atoms with E-state index < -0.39 is 23.0 Å². The van der Waals surface area contributed by atoms with Crippen molar-refractivity contribution in [2.75, 3.05) is 32.7 Å². The molecule has 0 radical (unpaired) electrons. The summed E-state index contributed by atoms with van der Waals surface area (Å²) in [5.41, 5.74) is 1.14. The molecule has 1 saturated heterocycles. The molecule has 0 spiro atoms. The first kappa shape index (κ1) is 21.2. The highest BCUT2D eigenvalue weighted by molar-refractivity contribution is 6.30. The van der Waals surface area contributed by atoms with Gasteiger partial charge in [0.1, 0.15) is 11.4 Å². The van der Waals surface area contributed by atoms with Gasteiger partial charge in [0.25, 0.3) is 0 Å². The molecule has 1 fully saturated rings. The largest absolute Gasteiger partial charge is 0.354 e. The molecule has 4 nitrogen and oxygen atoms in total. The molecule has 2 aliphatic rings. The van der Waals surface area contributed by atoms with Crippen molar-refractivity contribution in [1.82, 2.24) is 15.5 Å². The monoisotopic (exact) mass is 437 g/mol. The van der Waals surface area contributed by atoms with Crippen molar-refractivity contribution < 1.29 is 18.0 Å². The van der Waals surface area contributed by atoms with Crippen molar-refractivity contribution in [3.63, 3.8) is 0 Å². The lowest BCUT2D eigenvalue weighted by Crippen LogP contribution is -2.64. The number of amides is 1. The van der Waals surface area contributed by atoms with Crippen molar-refractivity contribution in [3.05, 3.63) is 69.5 Å². The fourth-order valence-corrected chi connectivity index (χ4v) is 4.76.